The SMILES string of the molecule is c1ccc(-c2nnc(-c3ccc(-c4ccccc4-c4ccccc4-c4ccc(N5c6ccccc6Oc6ccccc65)cc4)cc3)o2)cc1. The predicted octanol–water partition coefficient (Wildman–Crippen LogP) is 12.0. The molecule has 1 aliphatic heterocycles. The van der Waals surface area contributed by atoms with Crippen molar-refractivity contribution in [1.29, 1.82) is 0 Å². The van der Waals surface area contributed by atoms with Crippen LogP contribution in [0.5, 0.6) is 11.5 Å². The number of para-hydroxylation sites is 4. The van der Waals surface area contributed by atoms with Gasteiger partial charge in [0.25, 0.3) is 0 Å². The Balaban J connectivity index is 1.04. The van der Waals surface area contributed by atoms with Crippen molar-refractivity contribution in [1.82, 2.24) is 10.2 Å². The predicted molar refractivity (Wildman–Crippen MR) is 196 cm³/mol. The molecule has 7 aromatic carbocycles. The first-order valence-electron chi connectivity index (χ1n) is 16.2. The highest BCUT2D eigenvalue weighted by atomic mass is 16.5. The number of hydrogen-bond acceptors (Lipinski definition) is 5. The second-order valence-corrected chi connectivity index (χ2v) is 11.9. The first kappa shape index (κ1) is 28.5. The Morgan fingerprint density at radius 3 is 1.31 bits per heavy atom. The topological polar surface area (TPSA) is 51.4 Å². The number of rotatable bonds is 6. The standard InChI is InChI=1S/C44H29N3O2/c1-2-12-32(13-3-1)43-45-46-44(49-43)33-24-22-30(23-25-33)35-14-4-6-16-37(35)38-17-7-5-15-36(38)31-26-28-34(29-27-31)47-39-18-8-10-20-41(39)48-42-21-11-9-19-40(42)47/h1-29H. The molecule has 2 heterocycles. The van der Waals surface area contributed by atoms with Gasteiger partial charge in [-0.25, -0.2) is 0 Å². The van der Waals surface area contributed by atoms with Gasteiger partial charge in [-0.3, -0.25) is 0 Å². The Hall–Kier alpha value is -6.72. The number of fused-ring (bicyclic) bond motifs is 2. The number of ether oxygens (including phenoxy) is 1. The minimum absolute atomic E-state index is 0.497. The minimum Gasteiger partial charge on any atom is -0.453 e. The molecule has 5 heteroatoms. The van der Waals surface area contributed by atoms with Gasteiger partial charge in [0.1, 0.15) is 0 Å². The van der Waals surface area contributed by atoms with E-state index in [1.807, 2.05) is 78.9 Å². The van der Waals surface area contributed by atoms with E-state index in [1.165, 1.54) is 11.1 Å². The largest absolute Gasteiger partial charge is 0.453 e. The molecule has 0 fully saturated rings. The average molecular weight is 632 g/mol. The quantitative estimate of drug-likeness (QED) is 0.183. The molecule has 0 radical (unpaired) electrons. The van der Waals surface area contributed by atoms with Crippen LogP contribution in [0.1, 0.15) is 0 Å². The molecule has 0 spiro atoms. The Labute approximate surface area is 284 Å². The third-order valence-corrected chi connectivity index (χ3v) is 8.90. The zero-order valence-corrected chi connectivity index (χ0v) is 26.4. The molecule has 0 saturated carbocycles. The van der Waals surface area contributed by atoms with Gasteiger partial charge in [0.2, 0.25) is 11.8 Å². The first-order chi connectivity index (χ1) is 24.3. The van der Waals surface area contributed by atoms with E-state index >= 15 is 0 Å². The molecule has 0 saturated heterocycles. The highest BCUT2D eigenvalue weighted by Gasteiger charge is 2.25. The molecule has 0 aliphatic carbocycles. The molecule has 0 unspecified atom stereocenters. The molecule has 5 nitrogen and oxygen atoms in total. The van der Waals surface area contributed by atoms with Crippen molar-refractivity contribution >= 4 is 17.1 Å². The number of aromatic nitrogens is 2. The van der Waals surface area contributed by atoms with Gasteiger partial charge >= 0.3 is 0 Å². The second kappa shape index (κ2) is 12.1. The lowest BCUT2D eigenvalue weighted by Crippen LogP contribution is -2.15. The van der Waals surface area contributed by atoms with E-state index in [4.69, 9.17) is 9.15 Å². The molecule has 49 heavy (non-hydrogen) atoms. The fourth-order valence-electron chi connectivity index (χ4n) is 6.54. The monoisotopic (exact) mass is 631 g/mol. The van der Waals surface area contributed by atoms with Crippen LogP contribution in [-0.4, -0.2) is 10.2 Å². The Morgan fingerprint density at radius 1 is 0.347 bits per heavy atom. The van der Waals surface area contributed by atoms with Crippen LogP contribution in [0.3, 0.4) is 0 Å². The van der Waals surface area contributed by atoms with Crippen LogP contribution in [0, 0.1) is 0 Å². The van der Waals surface area contributed by atoms with Crippen LogP contribution in [0.15, 0.2) is 180 Å². The third kappa shape index (κ3) is 5.24. The lowest BCUT2D eigenvalue weighted by Gasteiger charge is -2.32. The maximum absolute atomic E-state index is 6.23. The number of anilines is 3. The maximum atomic E-state index is 6.23. The summed E-state index contributed by atoms with van der Waals surface area (Å²) in [6.45, 7) is 0. The van der Waals surface area contributed by atoms with Crippen LogP contribution in [0.4, 0.5) is 17.1 Å². The van der Waals surface area contributed by atoms with Crippen LogP contribution in [0.25, 0.3) is 56.3 Å². The Morgan fingerprint density at radius 2 is 0.755 bits per heavy atom. The molecule has 0 bridgehead atoms. The van der Waals surface area contributed by atoms with Crippen molar-refractivity contribution in [2.45, 2.75) is 0 Å². The summed E-state index contributed by atoms with van der Waals surface area (Å²) in [5.74, 6) is 2.69. The summed E-state index contributed by atoms with van der Waals surface area (Å²) < 4.78 is 12.2. The van der Waals surface area contributed by atoms with E-state index < -0.39 is 0 Å². The summed E-state index contributed by atoms with van der Waals surface area (Å²) in [6.07, 6.45) is 0. The zero-order valence-electron chi connectivity index (χ0n) is 26.4. The maximum Gasteiger partial charge on any atom is 0.248 e. The van der Waals surface area contributed by atoms with Crippen LogP contribution >= 0.6 is 0 Å². The highest BCUT2D eigenvalue weighted by molar-refractivity contribution is 5.93. The van der Waals surface area contributed by atoms with Crippen molar-refractivity contribution in [3.63, 3.8) is 0 Å². The summed E-state index contributed by atoms with van der Waals surface area (Å²) in [5, 5.41) is 8.57. The van der Waals surface area contributed by atoms with E-state index in [1.54, 1.807) is 0 Å². The van der Waals surface area contributed by atoms with Crippen LogP contribution < -0.4 is 9.64 Å². The van der Waals surface area contributed by atoms with E-state index in [2.05, 4.69) is 112 Å². The summed E-state index contributed by atoms with van der Waals surface area (Å²) in [5.41, 5.74) is 11.8. The van der Waals surface area contributed by atoms with Crippen LogP contribution in [-0.2, 0) is 0 Å². The normalized spacial score (nSPS) is 11.8. The summed E-state index contributed by atoms with van der Waals surface area (Å²) >= 11 is 0. The van der Waals surface area contributed by atoms with Gasteiger partial charge in [0.15, 0.2) is 11.5 Å². The molecule has 0 atom stereocenters. The fourth-order valence-corrected chi connectivity index (χ4v) is 6.54. The molecule has 1 aliphatic rings. The van der Waals surface area contributed by atoms with Gasteiger partial charge in [-0.05, 0) is 94.0 Å². The van der Waals surface area contributed by atoms with Gasteiger partial charge in [0, 0.05) is 16.8 Å². The first-order valence-corrected chi connectivity index (χ1v) is 16.2. The molecule has 0 N–H and O–H groups in total. The van der Waals surface area contributed by atoms with Gasteiger partial charge in [-0.15, -0.1) is 10.2 Å². The molecule has 0 amide bonds. The van der Waals surface area contributed by atoms with Gasteiger partial charge in [-0.1, -0.05) is 115 Å². The van der Waals surface area contributed by atoms with Crippen molar-refractivity contribution in [3.8, 4) is 67.8 Å². The number of hydrogen-bond donors (Lipinski definition) is 0. The van der Waals surface area contributed by atoms with Crippen molar-refractivity contribution in [3.05, 3.63) is 176 Å². The lowest BCUT2D eigenvalue weighted by molar-refractivity contribution is 0.477. The number of nitrogens with zero attached hydrogens (tertiary/aromatic N) is 3. The van der Waals surface area contributed by atoms with E-state index in [9.17, 15) is 0 Å². The Kier molecular flexibility index (Phi) is 7.06. The van der Waals surface area contributed by atoms with Crippen molar-refractivity contribution in [2.24, 2.45) is 0 Å². The van der Waals surface area contributed by atoms with Crippen molar-refractivity contribution < 1.29 is 9.15 Å². The fraction of sp³-hybridized carbons (Fsp3) is 0. The van der Waals surface area contributed by atoms with Crippen molar-refractivity contribution in [2.75, 3.05) is 4.90 Å². The second-order valence-electron chi connectivity index (χ2n) is 11.9. The highest BCUT2D eigenvalue weighted by Crippen LogP contribution is 2.50. The summed E-state index contributed by atoms with van der Waals surface area (Å²) in [6, 6.07) is 60.5. The average Bonchev–Trinajstić information content (AvgIpc) is 3.68. The third-order valence-electron chi connectivity index (χ3n) is 8.90. The molecular formula is C44H29N3O2. The van der Waals surface area contributed by atoms with Gasteiger partial charge in [0.05, 0.1) is 11.4 Å². The minimum atomic E-state index is 0.497. The van der Waals surface area contributed by atoms with E-state index in [0.29, 0.717) is 11.8 Å². The smallest absolute Gasteiger partial charge is 0.248 e. The lowest BCUT2D eigenvalue weighted by atomic mass is 9.89. The summed E-state index contributed by atoms with van der Waals surface area (Å²) in [7, 11) is 0. The molecule has 232 valence electrons. The molecular weight excluding hydrogens is 603 g/mol. The van der Waals surface area contributed by atoms with Crippen LogP contribution in [0.2, 0.25) is 0 Å². The van der Waals surface area contributed by atoms with Gasteiger partial charge in [-0.2, -0.15) is 0 Å². The van der Waals surface area contributed by atoms with E-state index in [-0.39, 0.29) is 0 Å². The Bertz CT molecular complexity index is 2370. The molecule has 8 aromatic rings. The molecule has 9 rings (SSSR count). The molecule has 1 aromatic heterocycles. The number of benzene rings is 7. The van der Waals surface area contributed by atoms with E-state index in [0.717, 1.165) is 61.9 Å². The zero-order chi connectivity index (χ0) is 32.6. The summed E-state index contributed by atoms with van der Waals surface area (Å²) in [4.78, 5) is 2.26. The van der Waals surface area contributed by atoms with Gasteiger partial charge < -0.3 is 14.1 Å².